The van der Waals surface area contributed by atoms with E-state index in [1.165, 1.54) is 82.8 Å². The molecule has 3 N–H and O–H groups in total. The molecule has 0 saturated carbocycles. The number of aromatic nitrogens is 2. The van der Waals surface area contributed by atoms with Crippen molar-refractivity contribution in [3.63, 3.8) is 0 Å². The van der Waals surface area contributed by atoms with Crippen LogP contribution >= 0.6 is 0 Å². The molecular weight excluding hydrogens is 789 g/mol. The molecule has 6 aliphatic rings. The minimum Gasteiger partial charge on any atom is -0.381 e. The molecule has 0 radical (unpaired) electrons. The predicted octanol–water partition coefficient (Wildman–Crippen LogP) is 7.36. The lowest BCUT2D eigenvalue weighted by molar-refractivity contribution is -0.125. The van der Waals surface area contributed by atoms with Gasteiger partial charge >= 0.3 is 0 Å². The van der Waals surface area contributed by atoms with Gasteiger partial charge in [0.25, 0.3) is 11.8 Å². The van der Waals surface area contributed by atoms with E-state index >= 15 is 0 Å². The predicted molar refractivity (Wildman–Crippen MR) is 249 cm³/mol. The molecule has 2 aromatic carbocycles. The van der Waals surface area contributed by atoms with Crippen LogP contribution in [-0.4, -0.2) is 101 Å². The molecule has 2 aromatic heterocycles. The molecular formula is C52H72N6O5. The summed E-state index contributed by atoms with van der Waals surface area (Å²) in [5.74, 6) is 3.25. The standard InChI is InChI=1S/C28H39N3O3.C24H33N3O2/c1-18(2)27(32)29-22-5-4-12-31(17-22)28(33)21-7-9-26-24(16-21)23-15-20(6-8-25(23)30(26)3)19-10-13-34-14-11-19;1-26-22-6-4-17(16-8-11-29-12-9-16)13-20(22)21-14-18(5-7-23(21)26)24(28)27-10-2-3-19(25)15-27/h7,9,16,18-20,22H,4-6,8,10-15,17H2,1-3H3,(H,29,32);5,7,14,16-17,19H,2-4,6,8-13,15,25H2,1H3. The van der Waals surface area contributed by atoms with Crippen molar-refractivity contribution < 1.29 is 23.9 Å². The molecule has 0 spiro atoms. The van der Waals surface area contributed by atoms with Crippen LogP contribution in [0.5, 0.6) is 0 Å². The van der Waals surface area contributed by atoms with E-state index in [1.54, 1.807) is 0 Å². The Balaban J connectivity index is 0.000000162. The number of amides is 3. The highest BCUT2D eigenvalue weighted by Gasteiger charge is 2.34. The summed E-state index contributed by atoms with van der Waals surface area (Å²) in [6.07, 6.45) is 15.7. The second kappa shape index (κ2) is 19.1. The second-order valence-electron chi connectivity index (χ2n) is 20.2. The lowest BCUT2D eigenvalue weighted by Gasteiger charge is -2.34. The Kier molecular flexibility index (Phi) is 13.4. The topological polar surface area (TPSA) is 124 Å². The van der Waals surface area contributed by atoms with Gasteiger partial charge < -0.3 is 39.5 Å². The van der Waals surface area contributed by atoms with Crippen molar-refractivity contribution in [1.29, 1.82) is 0 Å². The monoisotopic (exact) mass is 861 g/mol. The van der Waals surface area contributed by atoms with Crippen molar-refractivity contribution in [1.82, 2.24) is 24.3 Å². The zero-order valence-electron chi connectivity index (χ0n) is 38.5. The number of carbonyl (C=O) groups is 3. The molecule has 4 atom stereocenters. The van der Waals surface area contributed by atoms with E-state index in [0.717, 1.165) is 120 Å². The Morgan fingerprint density at radius 3 is 1.59 bits per heavy atom. The SMILES string of the molecule is CC(C)C(=O)NC1CCCN(C(=O)c2ccc3c(c2)c2c(n3C)CCC(C3CCOCC3)C2)C1.Cn1c2c(c3cc(C(=O)N4CCCC(N)C4)ccc31)CC(C1CCOCC1)CC2. The third kappa shape index (κ3) is 9.21. The van der Waals surface area contributed by atoms with E-state index in [2.05, 4.69) is 52.8 Å². The van der Waals surface area contributed by atoms with Gasteiger partial charge in [-0.1, -0.05) is 13.8 Å². The average molecular weight is 861 g/mol. The number of hydrogen-bond donors (Lipinski definition) is 2. The minimum atomic E-state index is -0.0392. The first-order valence-electron chi connectivity index (χ1n) is 24.5. The van der Waals surface area contributed by atoms with E-state index in [-0.39, 0.29) is 35.7 Å². The van der Waals surface area contributed by atoms with Crippen molar-refractivity contribution in [3.05, 3.63) is 70.0 Å². The van der Waals surface area contributed by atoms with Gasteiger partial charge in [0.2, 0.25) is 5.91 Å². The van der Waals surface area contributed by atoms with Gasteiger partial charge in [0.05, 0.1) is 0 Å². The highest BCUT2D eigenvalue weighted by atomic mass is 16.5. The van der Waals surface area contributed by atoms with Crippen molar-refractivity contribution in [2.45, 2.75) is 116 Å². The van der Waals surface area contributed by atoms with Crippen molar-refractivity contribution in [2.24, 2.45) is 49.4 Å². The summed E-state index contributed by atoms with van der Waals surface area (Å²) in [6, 6.07) is 12.7. The Morgan fingerprint density at radius 2 is 1.11 bits per heavy atom. The molecule has 4 aliphatic heterocycles. The van der Waals surface area contributed by atoms with Crippen LogP contribution in [0.25, 0.3) is 21.8 Å². The number of aryl methyl sites for hydroxylation is 2. The van der Waals surface area contributed by atoms with Crippen LogP contribution in [0.1, 0.15) is 121 Å². The lowest BCUT2D eigenvalue weighted by atomic mass is 9.75. The second-order valence-corrected chi connectivity index (χ2v) is 20.2. The summed E-state index contributed by atoms with van der Waals surface area (Å²) >= 11 is 0. The van der Waals surface area contributed by atoms with Gasteiger partial charge in [-0.2, -0.15) is 0 Å². The van der Waals surface area contributed by atoms with Crippen molar-refractivity contribution in [3.8, 4) is 0 Å². The quantitative estimate of drug-likeness (QED) is 0.209. The summed E-state index contributed by atoms with van der Waals surface area (Å²) in [6.45, 7) is 10.3. The summed E-state index contributed by atoms with van der Waals surface area (Å²) in [4.78, 5) is 42.6. The van der Waals surface area contributed by atoms with Gasteiger partial charge in [0.15, 0.2) is 0 Å². The fourth-order valence-corrected chi connectivity index (χ4v) is 12.3. The smallest absolute Gasteiger partial charge is 0.253 e. The van der Waals surface area contributed by atoms with Crippen LogP contribution in [0.2, 0.25) is 0 Å². The maximum atomic E-state index is 13.5. The number of piperidine rings is 2. The zero-order chi connectivity index (χ0) is 43.8. The number of fused-ring (bicyclic) bond motifs is 6. The van der Waals surface area contributed by atoms with Crippen LogP contribution in [0.15, 0.2) is 36.4 Å². The Hall–Kier alpha value is -4.19. The number of nitrogens with zero attached hydrogens (tertiary/aromatic N) is 4. The van der Waals surface area contributed by atoms with E-state index in [4.69, 9.17) is 15.2 Å². The van der Waals surface area contributed by atoms with Crippen LogP contribution in [-0.2, 0) is 54.0 Å². The van der Waals surface area contributed by atoms with Gasteiger partial charge in [0.1, 0.15) is 0 Å². The zero-order valence-corrected chi connectivity index (χ0v) is 38.5. The fourth-order valence-electron chi connectivity index (χ4n) is 12.3. The summed E-state index contributed by atoms with van der Waals surface area (Å²) in [7, 11) is 4.35. The molecule has 11 heteroatoms. The van der Waals surface area contributed by atoms with Gasteiger partial charge in [-0.25, -0.2) is 0 Å². The van der Waals surface area contributed by atoms with E-state index in [1.807, 2.05) is 35.8 Å². The average Bonchev–Trinajstić information content (AvgIpc) is 3.77. The van der Waals surface area contributed by atoms with Crippen LogP contribution in [0.3, 0.4) is 0 Å². The highest BCUT2D eigenvalue weighted by molar-refractivity contribution is 6.00. The fraction of sp³-hybridized carbons (Fsp3) is 0.635. The Bertz CT molecular complexity index is 2300. The lowest BCUT2D eigenvalue weighted by Crippen LogP contribution is -2.50. The largest absolute Gasteiger partial charge is 0.381 e. The van der Waals surface area contributed by atoms with Crippen LogP contribution in [0.4, 0.5) is 0 Å². The molecule has 2 aliphatic carbocycles. The molecule has 4 saturated heterocycles. The maximum Gasteiger partial charge on any atom is 0.253 e. The molecule has 6 heterocycles. The third-order valence-electron chi connectivity index (χ3n) is 16.0. The van der Waals surface area contributed by atoms with Crippen molar-refractivity contribution >= 4 is 39.5 Å². The maximum absolute atomic E-state index is 13.5. The van der Waals surface area contributed by atoms with Crippen LogP contribution in [0, 0.1) is 29.6 Å². The first-order valence-corrected chi connectivity index (χ1v) is 24.5. The third-order valence-corrected chi connectivity index (χ3v) is 16.0. The van der Waals surface area contributed by atoms with E-state index in [9.17, 15) is 14.4 Å². The Labute approximate surface area is 374 Å². The highest BCUT2D eigenvalue weighted by Crippen LogP contribution is 2.41. The first kappa shape index (κ1) is 44.0. The summed E-state index contributed by atoms with van der Waals surface area (Å²) in [5, 5.41) is 5.65. The number of nitrogens with two attached hydrogens (primary N) is 1. The molecule has 11 nitrogen and oxygen atoms in total. The number of likely N-dealkylation sites (tertiary alicyclic amines) is 2. The molecule has 340 valence electrons. The number of hydrogen-bond acceptors (Lipinski definition) is 6. The number of benzene rings is 2. The first-order chi connectivity index (χ1) is 30.5. The number of carbonyl (C=O) groups excluding carboxylic acids is 3. The molecule has 63 heavy (non-hydrogen) atoms. The van der Waals surface area contributed by atoms with Gasteiger partial charge in [0, 0.05) is 129 Å². The van der Waals surface area contributed by atoms with Gasteiger partial charge in [-0.05, 0) is 161 Å². The minimum absolute atomic E-state index is 0.0392. The number of ether oxygens (including phenoxy) is 2. The number of nitrogens with one attached hydrogen (secondary N) is 1. The van der Waals surface area contributed by atoms with E-state index in [0.29, 0.717) is 19.0 Å². The number of rotatable bonds is 6. The van der Waals surface area contributed by atoms with Gasteiger partial charge in [-0.15, -0.1) is 0 Å². The molecule has 4 fully saturated rings. The van der Waals surface area contributed by atoms with E-state index < -0.39 is 0 Å². The summed E-state index contributed by atoms with van der Waals surface area (Å²) < 4.78 is 15.9. The molecule has 3 amide bonds. The molecule has 0 bridgehead atoms. The Morgan fingerprint density at radius 1 is 0.635 bits per heavy atom. The molecule has 4 aromatic rings. The van der Waals surface area contributed by atoms with Gasteiger partial charge in [-0.3, -0.25) is 14.4 Å². The molecule has 10 rings (SSSR count). The molecule has 4 unspecified atom stereocenters. The van der Waals surface area contributed by atoms with Crippen LogP contribution < -0.4 is 11.1 Å². The normalized spacial score (nSPS) is 24.8. The van der Waals surface area contributed by atoms with Crippen molar-refractivity contribution in [2.75, 3.05) is 52.6 Å². The summed E-state index contributed by atoms with van der Waals surface area (Å²) in [5.41, 5.74) is 16.0.